The molecule has 2 aliphatic rings. The van der Waals surface area contributed by atoms with Crippen LogP contribution in [0.15, 0.2) is 27.9 Å². The van der Waals surface area contributed by atoms with Gasteiger partial charge in [0.05, 0.1) is 28.9 Å². The largest absolute Gasteiger partial charge is 0.493 e. The highest BCUT2D eigenvalue weighted by Gasteiger charge is 2.25. The lowest BCUT2D eigenvalue weighted by Crippen LogP contribution is -2.31. The fourth-order valence-corrected chi connectivity index (χ4v) is 6.44. The van der Waals surface area contributed by atoms with E-state index in [1.165, 1.54) is 25.0 Å². The molecule has 1 atom stereocenters. The Labute approximate surface area is 216 Å². The van der Waals surface area contributed by atoms with Crippen molar-refractivity contribution in [2.24, 2.45) is 0 Å². The molecule has 1 aromatic carbocycles. The number of sulfonamides is 1. The average Bonchev–Trinajstić information content (AvgIpc) is 3.43. The fraction of sp³-hybridized carbons (Fsp3) is 0.577. The minimum absolute atomic E-state index is 0.0671. The van der Waals surface area contributed by atoms with Crippen LogP contribution in [-0.4, -0.2) is 53.9 Å². The normalized spacial score (nSPS) is 19.4. The van der Waals surface area contributed by atoms with Gasteiger partial charge in [-0.3, -0.25) is 4.79 Å². The van der Waals surface area contributed by atoms with Crippen LogP contribution in [0.3, 0.4) is 0 Å². The molecule has 10 nitrogen and oxygen atoms in total. The molecule has 37 heavy (non-hydrogen) atoms. The number of aryl methyl sites for hydroxylation is 1. The highest BCUT2D eigenvalue weighted by molar-refractivity contribution is 7.89. The molecule has 11 heteroatoms. The van der Waals surface area contributed by atoms with Crippen LogP contribution in [0, 0.1) is 6.92 Å². The Balaban J connectivity index is 1.57. The highest BCUT2D eigenvalue weighted by Crippen LogP contribution is 2.33. The SMILES string of the molecule is CCOc1ccc(S(=O)(=O)NCC2CCCO2)cc1-c1nn2c(C3CCCCCC3)nc(C)c2c(=O)[nH]1. The molecule has 5 rings (SSSR count). The van der Waals surface area contributed by atoms with Crippen LogP contribution < -0.4 is 15.0 Å². The number of benzene rings is 1. The summed E-state index contributed by atoms with van der Waals surface area (Å²) in [5, 5.41) is 4.79. The Morgan fingerprint density at radius 1 is 1.16 bits per heavy atom. The molecule has 3 aromatic rings. The first-order valence-corrected chi connectivity index (χ1v) is 14.7. The van der Waals surface area contributed by atoms with Crippen LogP contribution in [0.4, 0.5) is 0 Å². The summed E-state index contributed by atoms with van der Waals surface area (Å²) in [7, 11) is -3.81. The van der Waals surface area contributed by atoms with Gasteiger partial charge in [-0.25, -0.2) is 22.6 Å². The van der Waals surface area contributed by atoms with Crippen molar-refractivity contribution in [3.05, 3.63) is 40.1 Å². The number of imidazole rings is 1. The summed E-state index contributed by atoms with van der Waals surface area (Å²) >= 11 is 0. The third kappa shape index (κ3) is 5.44. The predicted octanol–water partition coefficient (Wildman–Crippen LogP) is 3.69. The van der Waals surface area contributed by atoms with E-state index in [-0.39, 0.29) is 34.8 Å². The van der Waals surface area contributed by atoms with Crippen molar-refractivity contribution in [2.45, 2.75) is 82.1 Å². The van der Waals surface area contributed by atoms with Gasteiger partial charge in [-0.1, -0.05) is 25.7 Å². The minimum Gasteiger partial charge on any atom is -0.493 e. The van der Waals surface area contributed by atoms with E-state index < -0.39 is 10.0 Å². The molecule has 3 heterocycles. The zero-order valence-corrected chi connectivity index (χ0v) is 22.3. The van der Waals surface area contributed by atoms with Crippen LogP contribution in [-0.2, 0) is 14.8 Å². The molecule has 1 saturated heterocycles. The number of nitrogens with zero attached hydrogens (tertiary/aromatic N) is 3. The quantitative estimate of drug-likeness (QED) is 0.426. The van der Waals surface area contributed by atoms with Crippen molar-refractivity contribution in [3.8, 4) is 17.1 Å². The zero-order chi connectivity index (χ0) is 26.0. The fourth-order valence-electron chi connectivity index (χ4n) is 5.35. The van der Waals surface area contributed by atoms with Crippen LogP contribution in [0.2, 0.25) is 0 Å². The topological polar surface area (TPSA) is 128 Å². The van der Waals surface area contributed by atoms with Gasteiger partial charge in [0.1, 0.15) is 11.6 Å². The lowest BCUT2D eigenvalue weighted by molar-refractivity contribution is 0.114. The second-order valence-corrected chi connectivity index (χ2v) is 11.7. The maximum atomic E-state index is 13.2. The van der Waals surface area contributed by atoms with Crippen molar-refractivity contribution in [1.82, 2.24) is 24.3 Å². The van der Waals surface area contributed by atoms with Crippen LogP contribution >= 0.6 is 0 Å². The molecular weight excluding hydrogens is 494 g/mol. The van der Waals surface area contributed by atoms with Gasteiger partial charge in [-0.05, 0) is 57.7 Å². The summed E-state index contributed by atoms with van der Waals surface area (Å²) in [5.74, 6) is 1.70. The van der Waals surface area contributed by atoms with Gasteiger partial charge >= 0.3 is 0 Å². The summed E-state index contributed by atoms with van der Waals surface area (Å²) in [6.07, 6.45) is 8.32. The van der Waals surface area contributed by atoms with Gasteiger partial charge < -0.3 is 14.5 Å². The first-order valence-electron chi connectivity index (χ1n) is 13.3. The number of nitrogens with one attached hydrogen (secondary N) is 2. The van der Waals surface area contributed by atoms with Crippen LogP contribution in [0.1, 0.15) is 75.7 Å². The molecule has 0 spiro atoms. The predicted molar refractivity (Wildman–Crippen MR) is 140 cm³/mol. The molecule has 1 aliphatic heterocycles. The highest BCUT2D eigenvalue weighted by atomic mass is 32.2. The number of H-pyrrole nitrogens is 1. The van der Waals surface area contributed by atoms with Gasteiger partial charge in [0.2, 0.25) is 10.0 Å². The lowest BCUT2D eigenvalue weighted by Gasteiger charge is -2.15. The molecule has 1 saturated carbocycles. The monoisotopic (exact) mass is 529 g/mol. The van der Waals surface area contributed by atoms with E-state index >= 15 is 0 Å². The number of aromatic nitrogens is 4. The maximum absolute atomic E-state index is 13.2. The first-order chi connectivity index (χ1) is 17.9. The van der Waals surface area contributed by atoms with Gasteiger partial charge in [-0.2, -0.15) is 0 Å². The van der Waals surface area contributed by atoms with E-state index in [1.54, 1.807) is 10.6 Å². The molecule has 2 N–H and O–H groups in total. The van der Waals surface area contributed by atoms with Gasteiger partial charge in [0.15, 0.2) is 11.3 Å². The van der Waals surface area contributed by atoms with E-state index in [0.29, 0.717) is 35.7 Å². The van der Waals surface area contributed by atoms with E-state index in [4.69, 9.17) is 19.6 Å². The minimum atomic E-state index is -3.81. The Morgan fingerprint density at radius 2 is 1.95 bits per heavy atom. The Kier molecular flexibility index (Phi) is 7.64. The Bertz CT molecular complexity index is 1420. The van der Waals surface area contributed by atoms with Gasteiger partial charge in [0, 0.05) is 19.1 Å². The third-order valence-electron chi connectivity index (χ3n) is 7.26. The number of hydrogen-bond acceptors (Lipinski definition) is 7. The van der Waals surface area contributed by atoms with Crippen molar-refractivity contribution in [1.29, 1.82) is 0 Å². The molecule has 0 radical (unpaired) electrons. The number of hydrogen-bond donors (Lipinski definition) is 2. The smallest absolute Gasteiger partial charge is 0.277 e. The van der Waals surface area contributed by atoms with Crippen LogP contribution in [0.5, 0.6) is 5.75 Å². The van der Waals surface area contributed by atoms with E-state index in [2.05, 4.69) is 9.71 Å². The number of rotatable bonds is 8. The first kappa shape index (κ1) is 25.9. The molecule has 2 fully saturated rings. The second kappa shape index (κ2) is 10.9. The molecule has 0 amide bonds. The van der Waals surface area contributed by atoms with Crippen molar-refractivity contribution < 1.29 is 17.9 Å². The van der Waals surface area contributed by atoms with Crippen molar-refractivity contribution in [2.75, 3.05) is 19.8 Å². The summed E-state index contributed by atoms with van der Waals surface area (Å²) in [5.41, 5.74) is 1.14. The third-order valence-corrected chi connectivity index (χ3v) is 8.68. The molecule has 1 unspecified atom stereocenters. The zero-order valence-electron chi connectivity index (χ0n) is 21.5. The van der Waals surface area contributed by atoms with Crippen molar-refractivity contribution >= 4 is 15.5 Å². The second-order valence-electron chi connectivity index (χ2n) is 9.88. The molecular formula is C26H35N5O5S. The molecule has 1 aliphatic carbocycles. The molecule has 2 aromatic heterocycles. The number of ether oxygens (including phenoxy) is 2. The Hall–Kier alpha value is -2.76. The lowest BCUT2D eigenvalue weighted by atomic mass is 10.00. The summed E-state index contributed by atoms with van der Waals surface area (Å²) < 4.78 is 41.9. The Morgan fingerprint density at radius 3 is 2.65 bits per heavy atom. The van der Waals surface area contributed by atoms with Crippen LogP contribution in [0.25, 0.3) is 16.9 Å². The summed E-state index contributed by atoms with van der Waals surface area (Å²) in [6.45, 7) is 4.91. The van der Waals surface area contributed by atoms with Gasteiger partial charge in [0.25, 0.3) is 5.56 Å². The summed E-state index contributed by atoms with van der Waals surface area (Å²) in [6, 6.07) is 4.61. The van der Waals surface area contributed by atoms with E-state index in [9.17, 15) is 13.2 Å². The van der Waals surface area contributed by atoms with Crippen molar-refractivity contribution in [3.63, 3.8) is 0 Å². The summed E-state index contributed by atoms with van der Waals surface area (Å²) in [4.78, 5) is 20.9. The molecule has 0 bridgehead atoms. The van der Waals surface area contributed by atoms with E-state index in [1.807, 2.05) is 13.8 Å². The number of fused-ring (bicyclic) bond motifs is 1. The maximum Gasteiger partial charge on any atom is 0.277 e. The number of aromatic amines is 1. The standard InChI is InChI=1S/C26H35N5O5S/c1-3-35-22-13-12-20(37(33,34)27-16-19-11-8-14-36-19)15-21(22)24-29-26(32)23-17(2)28-25(31(23)30-24)18-9-6-4-5-7-10-18/h12-13,15,18-19,27H,3-11,14,16H2,1-2H3,(H,29,30,32). The van der Waals surface area contributed by atoms with E-state index in [0.717, 1.165) is 44.3 Å². The van der Waals surface area contributed by atoms with Gasteiger partial charge in [-0.15, -0.1) is 5.10 Å². The average molecular weight is 530 g/mol. The molecule has 200 valence electrons.